The van der Waals surface area contributed by atoms with Crippen LogP contribution >= 0.6 is 0 Å². The molecule has 2 rings (SSSR count). The van der Waals surface area contributed by atoms with Crippen LogP contribution < -0.4 is 5.32 Å². The second-order valence-electron chi connectivity index (χ2n) is 5.65. The number of sulfone groups is 1. The molecule has 2 atom stereocenters. The minimum atomic E-state index is -2.81. The van der Waals surface area contributed by atoms with Gasteiger partial charge in [0.05, 0.1) is 11.0 Å². The van der Waals surface area contributed by atoms with E-state index >= 15 is 0 Å². The summed E-state index contributed by atoms with van der Waals surface area (Å²) in [5, 5.41) is 3.19. The summed E-state index contributed by atoms with van der Waals surface area (Å²) in [6.07, 6.45) is 1.20. The molecule has 0 aromatic rings. The van der Waals surface area contributed by atoms with E-state index in [0.717, 1.165) is 19.6 Å². The summed E-state index contributed by atoms with van der Waals surface area (Å²) in [5.74, 6) is 0.331. The maximum absolute atomic E-state index is 11.6. The Bertz CT molecular complexity index is 347. The van der Waals surface area contributed by atoms with Gasteiger partial charge in [-0.3, -0.25) is 0 Å². The summed E-state index contributed by atoms with van der Waals surface area (Å²) in [6.45, 7) is 8.72. The lowest BCUT2D eigenvalue weighted by molar-refractivity contribution is 0.180. The molecule has 0 amide bonds. The molecule has 0 aromatic carbocycles. The Hall–Kier alpha value is -0.130. The summed E-state index contributed by atoms with van der Waals surface area (Å²) in [5.41, 5.74) is 0.334. The SMILES string of the molecule is CC1CN(CC2(C)CCNC2)CCS1(=O)=O. The number of hydrogen-bond acceptors (Lipinski definition) is 4. The molecule has 2 fully saturated rings. The molecule has 0 bridgehead atoms. The van der Waals surface area contributed by atoms with Gasteiger partial charge in [-0.25, -0.2) is 8.42 Å². The molecular formula is C11H22N2O2S. The molecule has 16 heavy (non-hydrogen) atoms. The van der Waals surface area contributed by atoms with Crippen molar-refractivity contribution in [1.29, 1.82) is 0 Å². The maximum Gasteiger partial charge on any atom is 0.155 e. The van der Waals surface area contributed by atoms with Crippen molar-refractivity contribution in [3.8, 4) is 0 Å². The fourth-order valence-corrected chi connectivity index (χ4v) is 4.07. The van der Waals surface area contributed by atoms with E-state index in [0.29, 0.717) is 24.3 Å². The average molecular weight is 246 g/mol. The third kappa shape index (κ3) is 2.57. The van der Waals surface area contributed by atoms with Gasteiger partial charge in [-0.05, 0) is 25.3 Å². The lowest BCUT2D eigenvalue weighted by Crippen LogP contribution is -2.49. The highest BCUT2D eigenvalue weighted by Gasteiger charge is 2.35. The van der Waals surface area contributed by atoms with E-state index in [4.69, 9.17) is 0 Å². The van der Waals surface area contributed by atoms with Crippen molar-refractivity contribution in [2.45, 2.75) is 25.5 Å². The van der Waals surface area contributed by atoms with Crippen LogP contribution in [0.15, 0.2) is 0 Å². The van der Waals surface area contributed by atoms with Gasteiger partial charge >= 0.3 is 0 Å². The molecule has 0 saturated carbocycles. The van der Waals surface area contributed by atoms with Crippen LogP contribution in [0, 0.1) is 5.41 Å². The zero-order chi connectivity index (χ0) is 11.8. The molecule has 1 N–H and O–H groups in total. The lowest BCUT2D eigenvalue weighted by Gasteiger charge is -2.36. The highest BCUT2D eigenvalue weighted by Crippen LogP contribution is 2.27. The van der Waals surface area contributed by atoms with E-state index in [1.807, 2.05) is 6.92 Å². The maximum atomic E-state index is 11.6. The number of nitrogens with zero attached hydrogens (tertiary/aromatic N) is 1. The molecule has 0 aliphatic carbocycles. The van der Waals surface area contributed by atoms with Crippen LogP contribution in [0.4, 0.5) is 0 Å². The molecule has 0 aromatic heterocycles. The van der Waals surface area contributed by atoms with Gasteiger partial charge in [0.25, 0.3) is 0 Å². The molecule has 0 spiro atoms. The van der Waals surface area contributed by atoms with Crippen LogP contribution in [0.25, 0.3) is 0 Å². The van der Waals surface area contributed by atoms with Crippen LogP contribution in [0.1, 0.15) is 20.3 Å². The van der Waals surface area contributed by atoms with Crippen molar-refractivity contribution in [2.75, 3.05) is 38.5 Å². The smallest absolute Gasteiger partial charge is 0.155 e. The predicted molar refractivity (Wildman–Crippen MR) is 65.3 cm³/mol. The first-order valence-corrected chi connectivity index (χ1v) is 7.78. The van der Waals surface area contributed by atoms with E-state index in [1.165, 1.54) is 6.42 Å². The number of rotatable bonds is 2. The van der Waals surface area contributed by atoms with Gasteiger partial charge in [-0.2, -0.15) is 0 Å². The third-order valence-corrected chi connectivity index (χ3v) is 6.01. The van der Waals surface area contributed by atoms with Gasteiger partial charge in [0, 0.05) is 26.2 Å². The topological polar surface area (TPSA) is 49.4 Å². The van der Waals surface area contributed by atoms with Crippen LogP contribution in [-0.4, -0.2) is 57.0 Å². The van der Waals surface area contributed by atoms with Crippen LogP contribution in [-0.2, 0) is 9.84 Å². The van der Waals surface area contributed by atoms with Gasteiger partial charge in [0.15, 0.2) is 9.84 Å². The summed E-state index contributed by atoms with van der Waals surface area (Å²) >= 11 is 0. The molecule has 4 nitrogen and oxygen atoms in total. The van der Waals surface area contributed by atoms with Crippen molar-refractivity contribution in [1.82, 2.24) is 10.2 Å². The minimum Gasteiger partial charge on any atom is -0.316 e. The quantitative estimate of drug-likeness (QED) is 0.751. The molecule has 2 unspecified atom stereocenters. The first-order valence-electron chi connectivity index (χ1n) is 6.06. The van der Waals surface area contributed by atoms with Crippen molar-refractivity contribution in [3.63, 3.8) is 0 Å². The Balaban J connectivity index is 1.93. The Kier molecular flexibility index (Phi) is 3.29. The van der Waals surface area contributed by atoms with Gasteiger partial charge in [-0.15, -0.1) is 0 Å². The molecule has 2 saturated heterocycles. The third-order valence-electron chi connectivity index (χ3n) is 3.88. The number of hydrogen-bond donors (Lipinski definition) is 1. The Morgan fingerprint density at radius 1 is 1.50 bits per heavy atom. The first-order chi connectivity index (χ1) is 7.41. The highest BCUT2D eigenvalue weighted by atomic mass is 32.2. The van der Waals surface area contributed by atoms with Crippen molar-refractivity contribution in [3.05, 3.63) is 0 Å². The van der Waals surface area contributed by atoms with E-state index < -0.39 is 9.84 Å². The van der Waals surface area contributed by atoms with Crippen LogP contribution in [0.5, 0.6) is 0 Å². The van der Waals surface area contributed by atoms with Gasteiger partial charge < -0.3 is 10.2 Å². The standard InChI is InChI=1S/C11H22N2O2S/c1-10-7-13(5-6-16(10,14)15)9-11(2)3-4-12-8-11/h10,12H,3-9H2,1-2H3. The monoisotopic (exact) mass is 246 g/mol. The van der Waals surface area contributed by atoms with Crippen LogP contribution in [0.3, 0.4) is 0 Å². The van der Waals surface area contributed by atoms with Crippen molar-refractivity contribution in [2.24, 2.45) is 5.41 Å². The minimum absolute atomic E-state index is 0.195. The second kappa shape index (κ2) is 4.27. The van der Waals surface area contributed by atoms with Crippen molar-refractivity contribution < 1.29 is 8.42 Å². The van der Waals surface area contributed by atoms with Gasteiger partial charge in [-0.1, -0.05) is 6.92 Å². The number of nitrogens with one attached hydrogen (secondary N) is 1. The predicted octanol–water partition coefficient (Wildman–Crippen LogP) is 0.105. The molecule has 0 radical (unpaired) electrons. The van der Waals surface area contributed by atoms with Crippen molar-refractivity contribution >= 4 is 9.84 Å². The zero-order valence-corrected chi connectivity index (χ0v) is 11.0. The molecular weight excluding hydrogens is 224 g/mol. The van der Waals surface area contributed by atoms with E-state index in [1.54, 1.807) is 0 Å². The lowest BCUT2D eigenvalue weighted by atomic mass is 9.89. The Morgan fingerprint density at radius 3 is 2.81 bits per heavy atom. The largest absolute Gasteiger partial charge is 0.316 e. The van der Waals surface area contributed by atoms with Gasteiger partial charge in [0.2, 0.25) is 0 Å². The molecule has 2 aliphatic heterocycles. The highest BCUT2D eigenvalue weighted by molar-refractivity contribution is 7.92. The first kappa shape index (κ1) is 12.3. The fraction of sp³-hybridized carbons (Fsp3) is 1.00. The summed E-state index contributed by atoms with van der Waals surface area (Å²) in [7, 11) is -2.81. The Labute approximate surface area is 98.3 Å². The normalized spacial score (nSPS) is 40.0. The Morgan fingerprint density at radius 2 is 2.25 bits per heavy atom. The summed E-state index contributed by atoms with van der Waals surface area (Å²) in [4.78, 5) is 2.32. The summed E-state index contributed by atoms with van der Waals surface area (Å²) < 4.78 is 23.2. The second-order valence-corrected chi connectivity index (χ2v) is 8.19. The molecule has 5 heteroatoms. The summed E-state index contributed by atoms with van der Waals surface area (Å²) in [6, 6.07) is 0. The van der Waals surface area contributed by atoms with Crippen LogP contribution in [0.2, 0.25) is 0 Å². The average Bonchev–Trinajstić information content (AvgIpc) is 2.59. The van der Waals surface area contributed by atoms with E-state index in [-0.39, 0.29) is 5.25 Å². The van der Waals surface area contributed by atoms with Gasteiger partial charge in [0.1, 0.15) is 0 Å². The molecule has 94 valence electrons. The van der Waals surface area contributed by atoms with E-state index in [9.17, 15) is 8.42 Å². The molecule has 2 aliphatic rings. The zero-order valence-electron chi connectivity index (χ0n) is 10.2. The fourth-order valence-electron chi connectivity index (χ4n) is 2.71. The van der Waals surface area contributed by atoms with E-state index in [2.05, 4.69) is 17.1 Å². The molecule has 2 heterocycles.